The second-order valence-electron chi connectivity index (χ2n) is 8.91. The van der Waals surface area contributed by atoms with Gasteiger partial charge in [-0.1, -0.05) is 30.3 Å². The van der Waals surface area contributed by atoms with Crippen LogP contribution >= 0.6 is 0 Å². The van der Waals surface area contributed by atoms with Crippen LogP contribution in [0.1, 0.15) is 42.4 Å². The van der Waals surface area contributed by atoms with Gasteiger partial charge >= 0.3 is 0 Å². The summed E-state index contributed by atoms with van der Waals surface area (Å²) in [6.07, 6.45) is 4.67. The summed E-state index contributed by atoms with van der Waals surface area (Å²) >= 11 is 0. The summed E-state index contributed by atoms with van der Waals surface area (Å²) in [6, 6.07) is 11.2. The van der Waals surface area contributed by atoms with Gasteiger partial charge in [0.15, 0.2) is 15.7 Å². The van der Waals surface area contributed by atoms with E-state index in [4.69, 9.17) is 4.74 Å². The quantitative estimate of drug-likeness (QED) is 0.453. The van der Waals surface area contributed by atoms with Crippen LogP contribution < -0.4 is 10.1 Å². The number of methoxy groups -OCH3 is 1. The third-order valence-corrected chi connectivity index (χ3v) is 8.04. The van der Waals surface area contributed by atoms with Gasteiger partial charge in [-0.2, -0.15) is 5.10 Å². The maximum Gasteiger partial charge on any atom is 0.255 e. The highest BCUT2D eigenvalue weighted by Crippen LogP contribution is 2.33. The Morgan fingerprint density at radius 3 is 2.50 bits per heavy atom. The molecule has 9 nitrogen and oxygen atoms in total. The Morgan fingerprint density at radius 1 is 1.15 bits per heavy atom. The summed E-state index contributed by atoms with van der Waals surface area (Å²) in [6.45, 7) is 7.05. The van der Waals surface area contributed by atoms with Crippen LogP contribution in [-0.2, 0) is 16.4 Å². The van der Waals surface area contributed by atoms with Crippen LogP contribution in [0.3, 0.4) is 0 Å². The number of sulfone groups is 1. The highest BCUT2D eigenvalue weighted by Gasteiger charge is 2.34. The molecule has 10 heteroatoms. The lowest BCUT2D eigenvalue weighted by Crippen LogP contribution is -2.28. The Hall–Kier alpha value is -3.66. The number of aryl methyl sites for hydroxylation is 1. The van der Waals surface area contributed by atoms with Gasteiger partial charge in [0.1, 0.15) is 16.3 Å². The maximum atomic E-state index is 13.2. The monoisotopic (exact) mass is 481 g/mol. The van der Waals surface area contributed by atoms with Gasteiger partial charge in [0.2, 0.25) is 0 Å². The Kier molecular flexibility index (Phi) is 5.94. The van der Waals surface area contributed by atoms with E-state index in [0.29, 0.717) is 29.3 Å². The number of fused-ring (bicyclic) bond motifs is 1. The number of rotatable bonds is 6. The molecule has 3 aromatic heterocycles. The molecule has 1 amide bonds. The zero-order chi connectivity index (χ0) is 24.7. The molecule has 0 fully saturated rings. The first-order valence-electron chi connectivity index (χ1n) is 10.7. The molecular formula is C24H27N5O4S. The van der Waals surface area contributed by atoms with E-state index in [9.17, 15) is 13.2 Å². The average Bonchev–Trinajstić information content (AvgIpc) is 3.39. The third-order valence-electron chi connectivity index (χ3n) is 5.55. The summed E-state index contributed by atoms with van der Waals surface area (Å²) in [5.41, 5.74) is 2.44. The fourth-order valence-electron chi connectivity index (χ4n) is 3.51. The number of carbonyl (C=O) groups excluding carboxylic acids is 1. The Bertz CT molecular complexity index is 1460. The number of ether oxygens (including phenoxy) is 1. The lowest BCUT2D eigenvalue weighted by Gasteiger charge is -2.21. The fraction of sp³-hybridized carbons (Fsp3) is 0.292. The lowest BCUT2D eigenvalue weighted by atomic mass is 10.2. The maximum absolute atomic E-state index is 13.2. The number of hydrogen-bond donors (Lipinski definition) is 1. The number of nitrogens with one attached hydrogen (secondary N) is 1. The summed E-state index contributed by atoms with van der Waals surface area (Å²) in [5, 5.41) is 7.38. The van der Waals surface area contributed by atoms with E-state index in [1.165, 1.54) is 18.0 Å². The van der Waals surface area contributed by atoms with Gasteiger partial charge in [-0.25, -0.2) is 18.1 Å². The molecule has 4 aromatic rings. The number of benzene rings is 1. The van der Waals surface area contributed by atoms with Crippen molar-refractivity contribution in [1.29, 1.82) is 0 Å². The standard InChI is InChI=1S/C24H27N5O4S/c1-16-18(23(30)26-12-17-9-7-6-8-10-17)14-29(27-16)22-13-25-21-11-19(33-5)20(15-28(21)22)34(31,32)24(2,3)4/h6-11,13-15H,12H2,1-5H3,(H,26,30). The normalized spacial score (nSPS) is 12.1. The van der Waals surface area contributed by atoms with Gasteiger partial charge in [0.05, 0.1) is 29.3 Å². The third kappa shape index (κ3) is 4.16. The minimum Gasteiger partial charge on any atom is -0.495 e. The second-order valence-corrected chi connectivity index (χ2v) is 11.6. The number of nitrogens with zero attached hydrogens (tertiary/aromatic N) is 4. The highest BCUT2D eigenvalue weighted by molar-refractivity contribution is 7.92. The van der Waals surface area contributed by atoms with Crippen molar-refractivity contribution in [2.75, 3.05) is 7.11 Å². The highest BCUT2D eigenvalue weighted by atomic mass is 32.2. The van der Waals surface area contributed by atoms with Crippen molar-refractivity contribution in [1.82, 2.24) is 24.5 Å². The Labute approximate surface area is 198 Å². The van der Waals surface area contributed by atoms with Crippen LogP contribution in [0.4, 0.5) is 0 Å². The molecule has 0 aliphatic heterocycles. The van der Waals surface area contributed by atoms with Crippen molar-refractivity contribution in [3.63, 3.8) is 0 Å². The molecule has 0 aliphatic carbocycles. The molecule has 0 saturated carbocycles. The molecule has 4 rings (SSSR count). The first kappa shape index (κ1) is 23.5. The minimum atomic E-state index is -3.70. The lowest BCUT2D eigenvalue weighted by molar-refractivity contribution is 0.0950. The van der Waals surface area contributed by atoms with Crippen molar-refractivity contribution in [3.8, 4) is 11.6 Å². The summed E-state index contributed by atoms with van der Waals surface area (Å²) in [5.74, 6) is 0.463. The Balaban J connectivity index is 1.72. The average molecular weight is 482 g/mol. The summed E-state index contributed by atoms with van der Waals surface area (Å²) in [7, 11) is -2.28. The predicted molar refractivity (Wildman–Crippen MR) is 128 cm³/mol. The van der Waals surface area contributed by atoms with E-state index < -0.39 is 14.6 Å². The van der Waals surface area contributed by atoms with Gasteiger partial charge in [-0.3, -0.25) is 9.20 Å². The summed E-state index contributed by atoms with van der Waals surface area (Å²) < 4.78 is 33.9. The molecule has 0 unspecified atom stereocenters. The first-order valence-corrected chi connectivity index (χ1v) is 12.2. The zero-order valence-electron chi connectivity index (χ0n) is 19.7. The van der Waals surface area contributed by atoms with Crippen molar-refractivity contribution in [3.05, 3.63) is 71.8 Å². The van der Waals surface area contributed by atoms with E-state index in [1.807, 2.05) is 30.3 Å². The van der Waals surface area contributed by atoms with Crippen LogP contribution in [0.25, 0.3) is 11.5 Å². The van der Waals surface area contributed by atoms with Gasteiger partial charge < -0.3 is 10.1 Å². The first-order chi connectivity index (χ1) is 16.0. The topological polar surface area (TPSA) is 108 Å². The molecule has 3 heterocycles. The molecule has 34 heavy (non-hydrogen) atoms. The number of pyridine rings is 1. The number of aromatic nitrogens is 4. The number of carbonyl (C=O) groups is 1. The van der Waals surface area contributed by atoms with Crippen LogP contribution in [0.5, 0.6) is 5.75 Å². The fourth-order valence-corrected chi connectivity index (χ4v) is 4.82. The number of amides is 1. The predicted octanol–water partition coefficient (Wildman–Crippen LogP) is 3.34. The van der Waals surface area contributed by atoms with Crippen molar-refractivity contribution in [2.24, 2.45) is 0 Å². The molecule has 178 valence electrons. The Morgan fingerprint density at radius 2 is 1.85 bits per heavy atom. The van der Waals surface area contributed by atoms with Crippen LogP contribution in [0, 0.1) is 6.92 Å². The smallest absolute Gasteiger partial charge is 0.255 e. The largest absolute Gasteiger partial charge is 0.495 e. The van der Waals surface area contributed by atoms with E-state index in [0.717, 1.165) is 5.56 Å². The van der Waals surface area contributed by atoms with Gasteiger partial charge in [0.25, 0.3) is 5.91 Å². The van der Waals surface area contributed by atoms with Crippen LogP contribution in [0.15, 0.2) is 59.9 Å². The van der Waals surface area contributed by atoms with Gasteiger partial charge in [-0.15, -0.1) is 0 Å². The molecule has 1 N–H and O–H groups in total. The van der Waals surface area contributed by atoms with E-state index in [2.05, 4.69) is 15.4 Å². The molecule has 0 bridgehead atoms. The van der Waals surface area contributed by atoms with Gasteiger partial charge in [-0.05, 0) is 33.3 Å². The van der Waals surface area contributed by atoms with E-state index >= 15 is 0 Å². The number of hydrogen-bond acceptors (Lipinski definition) is 6. The molecule has 0 radical (unpaired) electrons. The molecule has 1 aromatic carbocycles. The van der Waals surface area contributed by atoms with Gasteiger partial charge in [0, 0.05) is 25.0 Å². The van der Waals surface area contributed by atoms with Crippen molar-refractivity contribution < 1.29 is 17.9 Å². The van der Waals surface area contributed by atoms with Crippen molar-refractivity contribution in [2.45, 2.75) is 43.9 Å². The minimum absolute atomic E-state index is 0.0546. The van der Waals surface area contributed by atoms with E-state index in [1.54, 1.807) is 50.6 Å². The molecule has 0 atom stereocenters. The van der Waals surface area contributed by atoms with Crippen LogP contribution in [0.2, 0.25) is 0 Å². The number of imidazole rings is 1. The summed E-state index contributed by atoms with van der Waals surface area (Å²) in [4.78, 5) is 17.2. The second kappa shape index (κ2) is 8.60. The molecule has 0 spiro atoms. The SMILES string of the molecule is COc1cc2ncc(-n3cc(C(=O)NCc4ccccc4)c(C)n3)n2cc1S(=O)(=O)C(C)(C)C. The van der Waals surface area contributed by atoms with E-state index in [-0.39, 0.29) is 16.6 Å². The molecule has 0 saturated heterocycles. The zero-order valence-corrected chi connectivity index (χ0v) is 20.5. The molecule has 0 aliphatic rings. The van der Waals surface area contributed by atoms with Crippen molar-refractivity contribution >= 4 is 21.4 Å². The molecular weight excluding hydrogens is 454 g/mol. The van der Waals surface area contributed by atoms with Crippen LogP contribution in [-0.4, -0.2) is 45.3 Å².